The molecule has 204 valence electrons. The number of carbonyl (C=O) groups excluding carboxylic acids is 2. The molecule has 0 aromatic heterocycles. The fourth-order valence-electron chi connectivity index (χ4n) is 5.23. The minimum absolute atomic E-state index is 0.0434. The van der Waals surface area contributed by atoms with Gasteiger partial charge in [0.2, 0.25) is 0 Å². The second-order valence-electron chi connectivity index (χ2n) is 10.2. The highest BCUT2D eigenvalue weighted by Crippen LogP contribution is 2.41. The first kappa shape index (κ1) is 26.6. The second-order valence-corrected chi connectivity index (χ2v) is 10.2. The molecule has 1 heterocycles. The Hall–Kier alpha value is -4.04. The lowest BCUT2D eigenvalue weighted by atomic mass is 10.1. The molecular weight excluding hydrogens is 490 g/mol. The van der Waals surface area contributed by atoms with Crippen LogP contribution in [-0.4, -0.2) is 60.7 Å². The smallest absolute Gasteiger partial charge is 0.317 e. The minimum Gasteiger partial charge on any atom is -0.369 e. The molecule has 0 radical (unpaired) electrons. The van der Waals surface area contributed by atoms with Gasteiger partial charge >= 0.3 is 6.03 Å². The van der Waals surface area contributed by atoms with Crippen molar-refractivity contribution in [3.05, 3.63) is 95.6 Å². The van der Waals surface area contributed by atoms with Crippen molar-refractivity contribution in [1.82, 2.24) is 15.5 Å². The van der Waals surface area contributed by atoms with Gasteiger partial charge in [-0.1, -0.05) is 60.7 Å². The van der Waals surface area contributed by atoms with Crippen molar-refractivity contribution in [2.45, 2.75) is 38.0 Å². The Morgan fingerprint density at radius 1 is 0.949 bits per heavy atom. The fourth-order valence-corrected chi connectivity index (χ4v) is 5.23. The van der Waals surface area contributed by atoms with Crippen LogP contribution in [-0.2, 0) is 0 Å². The van der Waals surface area contributed by atoms with Crippen molar-refractivity contribution in [3.8, 4) is 0 Å². The first-order valence-corrected chi connectivity index (χ1v) is 13.8. The molecule has 2 fully saturated rings. The molecule has 1 saturated heterocycles. The number of anilines is 2. The van der Waals surface area contributed by atoms with Gasteiger partial charge in [0.15, 0.2) is 6.23 Å². The molecular formula is C31H37N5O3. The summed E-state index contributed by atoms with van der Waals surface area (Å²) in [5.74, 6) is 0.220. The Bertz CT molecular complexity index is 1270. The normalized spacial score (nSPS) is 19.5. The number of hydrogen-bond acceptors (Lipinski definition) is 5. The largest absolute Gasteiger partial charge is 0.369 e. The Morgan fingerprint density at radius 2 is 1.69 bits per heavy atom. The molecule has 8 heteroatoms. The zero-order valence-electron chi connectivity index (χ0n) is 22.3. The van der Waals surface area contributed by atoms with E-state index in [1.54, 1.807) is 0 Å². The first-order chi connectivity index (χ1) is 19.0. The lowest BCUT2D eigenvalue weighted by Crippen LogP contribution is -2.42. The highest BCUT2D eigenvalue weighted by Gasteiger charge is 2.39. The summed E-state index contributed by atoms with van der Waals surface area (Å²) in [5.41, 5.74) is 4.10. The van der Waals surface area contributed by atoms with Crippen LogP contribution < -0.4 is 20.9 Å². The van der Waals surface area contributed by atoms with Gasteiger partial charge in [0.25, 0.3) is 5.91 Å². The summed E-state index contributed by atoms with van der Waals surface area (Å²) in [6.07, 6.45) is 0.817. The molecule has 1 aliphatic carbocycles. The van der Waals surface area contributed by atoms with E-state index in [0.29, 0.717) is 43.3 Å². The third-order valence-corrected chi connectivity index (χ3v) is 7.45. The molecule has 0 bridgehead atoms. The van der Waals surface area contributed by atoms with Crippen molar-refractivity contribution in [3.63, 3.8) is 0 Å². The van der Waals surface area contributed by atoms with E-state index in [2.05, 4.69) is 33.0 Å². The molecule has 1 unspecified atom stereocenters. The van der Waals surface area contributed by atoms with Crippen LogP contribution in [0.1, 0.15) is 53.4 Å². The third kappa shape index (κ3) is 6.52. The fraction of sp³-hybridized carbons (Fsp3) is 0.355. The Labute approximate surface area is 230 Å². The summed E-state index contributed by atoms with van der Waals surface area (Å²) < 4.78 is 0. The number of nitrogens with zero attached hydrogens (tertiary/aromatic N) is 2. The molecule has 3 atom stereocenters. The monoisotopic (exact) mass is 527 g/mol. The summed E-state index contributed by atoms with van der Waals surface area (Å²) in [6.45, 7) is 5.21. The summed E-state index contributed by atoms with van der Waals surface area (Å²) in [7, 11) is 0. The standard InChI is InChI=1S/C31H37N5O3/c1-2-32-31(39)36-17-9-16-35(18-19-36)28-15-14-24(20-27(28)34-29(37)23-12-7-4-8-13-23)30(38)33-26-21-25(26)22-10-5-3-6-11-22/h3-8,10-15,20,25-26,29,34,37H,2,9,16-19,21H2,1H3,(H,32,39)(H,33,38)/t25-,26+,29?/m1/s1. The van der Waals surface area contributed by atoms with E-state index in [4.69, 9.17) is 0 Å². The van der Waals surface area contributed by atoms with Crippen molar-refractivity contribution in [2.24, 2.45) is 0 Å². The lowest BCUT2D eigenvalue weighted by Gasteiger charge is -2.28. The highest BCUT2D eigenvalue weighted by atomic mass is 16.3. The molecule has 4 N–H and O–H groups in total. The van der Waals surface area contributed by atoms with Gasteiger partial charge in [0.05, 0.1) is 11.4 Å². The summed E-state index contributed by atoms with van der Waals surface area (Å²) >= 11 is 0. The van der Waals surface area contributed by atoms with Crippen LogP contribution in [0.3, 0.4) is 0 Å². The number of aliphatic hydroxyl groups is 1. The Kier molecular flexibility index (Phi) is 8.32. The van der Waals surface area contributed by atoms with Crippen molar-refractivity contribution in [1.29, 1.82) is 0 Å². The predicted molar refractivity (Wildman–Crippen MR) is 154 cm³/mol. The quantitative estimate of drug-likeness (QED) is 0.327. The molecule has 2 aliphatic rings. The molecule has 5 rings (SSSR count). The maximum absolute atomic E-state index is 13.2. The van der Waals surface area contributed by atoms with Crippen molar-refractivity contribution >= 4 is 23.3 Å². The topological polar surface area (TPSA) is 96.9 Å². The maximum atomic E-state index is 13.2. The molecule has 1 aliphatic heterocycles. The van der Waals surface area contributed by atoms with E-state index in [9.17, 15) is 14.7 Å². The highest BCUT2D eigenvalue weighted by molar-refractivity contribution is 5.97. The zero-order valence-corrected chi connectivity index (χ0v) is 22.3. The number of benzene rings is 3. The number of amides is 3. The third-order valence-electron chi connectivity index (χ3n) is 7.45. The summed E-state index contributed by atoms with van der Waals surface area (Å²) in [5, 5.41) is 20.3. The van der Waals surface area contributed by atoms with Gasteiger partial charge < -0.3 is 30.9 Å². The van der Waals surface area contributed by atoms with Crippen LogP contribution in [0.15, 0.2) is 78.9 Å². The number of nitrogens with one attached hydrogen (secondary N) is 3. The van der Waals surface area contributed by atoms with E-state index in [1.165, 1.54) is 5.56 Å². The van der Waals surface area contributed by atoms with Crippen LogP contribution in [0.25, 0.3) is 0 Å². The average molecular weight is 528 g/mol. The number of urea groups is 1. The van der Waals surface area contributed by atoms with Crippen LogP contribution in [0.4, 0.5) is 16.2 Å². The molecule has 39 heavy (non-hydrogen) atoms. The maximum Gasteiger partial charge on any atom is 0.317 e. The van der Waals surface area contributed by atoms with Gasteiger partial charge in [-0.25, -0.2) is 4.79 Å². The van der Waals surface area contributed by atoms with Gasteiger partial charge in [-0.05, 0) is 43.5 Å². The molecule has 3 aromatic carbocycles. The van der Waals surface area contributed by atoms with Crippen molar-refractivity contribution < 1.29 is 14.7 Å². The molecule has 0 spiro atoms. The van der Waals surface area contributed by atoms with Crippen molar-refractivity contribution in [2.75, 3.05) is 42.9 Å². The minimum atomic E-state index is -0.937. The molecule has 1 saturated carbocycles. The number of aliphatic hydroxyl groups excluding tert-OH is 1. The Morgan fingerprint density at radius 3 is 2.44 bits per heavy atom. The van der Waals surface area contributed by atoms with Crippen LogP contribution in [0, 0.1) is 0 Å². The number of carbonyl (C=O) groups is 2. The summed E-state index contributed by atoms with van der Waals surface area (Å²) in [4.78, 5) is 29.7. The van der Waals surface area contributed by atoms with Gasteiger partial charge in [0, 0.05) is 55.8 Å². The SMILES string of the molecule is CCNC(=O)N1CCCN(c2ccc(C(=O)N[C@H]3C[C@@H]3c3ccccc3)cc2NC(O)c2ccccc2)CC1. The zero-order chi connectivity index (χ0) is 27.2. The van der Waals surface area contributed by atoms with E-state index >= 15 is 0 Å². The predicted octanol–water partition coefficient (Wildman–Crippen LogP) is 4.32. The average Bonchev–Trinajstić information content (AvgIpc) is 3.77. The van der Waals surface area contributed by atoms with E-state index in [0.717, 1.165) is 30.6 Å². The van der Waals surface area contributed by atoms with Gasteiger partial charge in [-0.2, -0.15) is 0 Å². The van der Waals surface area contributed by atoms with E-state index < -0.39 is 6.23 Å². The number of rotatable bonds is 8. The summed E-state index contributed by atoms with van der Waals surface area (Å²) in [6, 6.07) is 25.4. The Balaban J connectivity index is 1.34. The van der Waals surface area contributed by atoms with E-state index in [-0.39, 0.29) is 18.0 Å². The molecule has 3 aromatic rings. The van der Waals surface area contributed by atoms with Crippen LogP contribution >= 0.6 is 0 Å². The number of hydrogen-bond donors (Lipinski definition) is 4. The van der Waals surface area contributed by atoms with Crippen LogP contribution in [0.2, 0.25) is 0 Å². The van der Waals surface area contributed by atoms with Gasteiger partial charge in [-0.15, -0.1) is 0 Å². The lowest BCUT2D eigenvalue weighted by molar-refractivity contribution is 0.0950. The van der Waals surface area contributed by atoms with Gasteiger partial charge in [0.1, 0.15) is 0 Å². The first-order valence-electron chi connectivity index (χ1n) is 13.8. The van der Waals surface area contributed by atoms with Gasteiger partial charge in [-0.3, -0.25) is 4.79 Å². The molecule has 3 amide bonds. The molecule has 8 nitrogen and oxygen atoms in total. The second kappa shape index (κ2) is 12.2. The van der Waals surface area contributed by atoms with E-state index in [1.807, 2.05) is 78.6 Å². The van der Waals surface area contributed by atoms with Crippen LogP contribution in [0.5, 0.6) is 0 Å².